The van der Waals surface area contributed by atoms with E-state index in [0.29, 0.717) is 12.5 Å². The van der Waals surface area contributed by atoms with E-state index < -0.39 is 0 Å². The molecule has 4 aromatic rings. The maximum absolute atomic E-state index is 12.1. The first-order valence-electron chi connectivity index (χ1n) is 10.5. The first-order chi connectivity index (χ1) is 14.6. The number of aromatic nitrogens is 2. The van der Waals surface area contributed by atoms with Crippen molar-refractivity contribution >= 4 is 28.3 Å². The molecule has 5 heteroatoms. The molecule has 0 unspecified atom stereocenters. The molecule has 0 spiro atoms. The molecule has 4 nitrogen and oxygen atoms in total. The zero-order valence-electron chi connectivity index (χ0n) is 17.5. The number of benzene rings is 2. The van der Waals surface area contributed by atoms with Crippen molar-refractivity contribution in [3.05, 3.63) is 87.9 Å². The Morgan fingerprint density at radius 3 is 2.60 bits per heavy atom. The number of thiophene rings is 1. The standard InChI is InChI=1S/C25H27N3OS/c1-18(2)20-13-11-19(12-14-20)17-28-22-8-4-3-7-21(22)27-24(28)10-5-15-26-25(29)23-9-6-16-30-23/h3-4,6-9,11-14,16,18H,5,10,15,17H2,1-2H3,(H,26,29). The lowest BCUT2D eigenvalue weighted by Crippen LogP contribution is -2.24. The van der Waals surface area contributed by atoms with E-state index in [-0.39, 0.29) is 5.91 Å². The molecular weight excluding hydrogens is 390 g/mol. The fraction of sp³-hybridized carbons (Fsp3) is 0.280. The third kappa shape index (κ3) is 4.62. The molecule has 0 fully saturated rings. The van der Waals surface area contributed by atoms with Gasteiger partial charge in [-0.2, -0.15) is 0 Å². The van der Waals surface area contributed by atoms with Crippen LogP contribution in [0, 0.1) is 0 Å². The molecule has 0 saturated carbocycles. The Kier molecular flexibility index (Phi) is 6.29. The Labute approximate surface area is 181 Å². The Morgan fingerprint density at radius 1 is 1.07 bits per heavy atom. The number of aryl methyl sites for hydroxylation is 1. The third-order valence-corrected chi connectivity index (χ3v) is 6.20. The van der Waals surface area contributed by atoms with Crippen LogP contribution >= 0.6 is 11.3 Å². The molecule has 1 amide bonds. The molecule has 0 aliphatic carbocycles. The molecule has 0 bridgehead atoms. The molecule has 0 radical (unpaired) electrons. The van der Waals surface area contributed by atoms with Crippen LogP contribution in [0.4, 0.5) is 0 Å². The van der Waals surface area contributed by atoms with Gasteiger partial charge in [-0.25, -0.2) is 4.98 Å². The molecule has 0 atom stereocenters. The summed E-state index contributed by atoms with van der Waals surface area (Å²) in [5.74, 6) is 1.60. The molecule has 2 aromatic carbocycles. The van der Waals surface area contributed by atoms with Gasteiger partial charge in [0.15, 0.2) is 0 Å². The Balaban J connectivity index is 1.46. The summed E-state index contributed by atoms with van der Waals surface area (Å²) in [7, 11) is 0. The fourth-order valence-corrected chi connectivity index (χ4v) is 4.27. The highest BCUT2D eigenvalue weighted by atomic mass is 32.1. The van der Waals surface area contributed by atoms with Crippen LogP contribution in [0.25, 0.3) is 11.0 Å². The number of nitrogens with one attached hydrogen (secondary N) is 1. The summed E-state index contributed by atoms with van der Waals surface area (Å²) in [4.78, 5) is 17.7. The summed E-state index contributed by atoms with van der Waals surface area (Å²) < 4.78 is 2.31. The smallest absolute Gasteiger partial charge is 0.261 e. The zero-order chi connectivity index (χ0) is 20.9. The van der Waals surface area contributed by atoms with Gasteiger partial charge in [-0.1, -0.05) is 56.3 Å². The fourth-order valence-electron chi connectivity index (χ4n) is 3.63. The minimum Gasteiger partial charge on any atom is -0.351 e. The lowest BCUT2D eigenvalue weighted by atomic mass is 10.0. The van der Waals surface area contributed by atoms with Gasteiger partial charge in [0.2, 0.25) is 0 Å². The number of nitrogens with zero attached hydrogens (tertiary/aromatic N) is 2. The number of para-hydroxylation sites is 2. The summed E-state index contributed by atoms with van der Waals surface area (Å²) in [6.45, 7) is 5.88. The summed E-state index contributed by atoms with van der Waals surface area (Å²) in [6.07, 6.45) is 1.68. The minimum atomic E-state index is 0.00347. The molecule has 0 aliphatic rings. The monoisotopic (exact) mass is 417 g/mol. The highest BCUT2D eigenvalue weighted by Gasteiger charge is 2.12. The van der Waals surface area contributed by atoms with Gasteiger partial charge in [-0.05, 0) is 47.0 Å². The van der Waals surface area contributed by atoms with E-state index in [2.05, 4.69) is 66.2 Å². The maximum Gasteiger partial charge on any atom is 0.261 e. The van der Waals surface area contributed by atoms with Crippen LogP contribution in [0.5, 0.6) is 0 Å². The maximum atomic E-state index is 12.1. The van der Waals surface area contributed by atoms with Gasteiger partial charge in [0.25, 0.3) is 5.91 Å². The Bertz CT molecular complexity index is 1110. The van der Waals surface area contributed by atoms with Crippen molar-refractivity contribution in [3.8, 4) is 0 Å². The first kappa shape index (κ1) is 20.4. The number of fused-ring (bicyclic) bond motifs is 1. The number of carbonyl (C=O) groups excluding carboxylic acids is 1. The van der Waals surface area contributed by atoms with Crippen molar-refractivity contribution in [1.29, 1.82) is 0 Å². The van der Waals surface area contributed by atoms with Crippen LogP contribution in [-0.2, 0) is 13.0 Å². The third-order valence-electron chi connectivity index (χ3n) is 5.33. The second-order valence-corrected chi connectivity index (χ2v) is 8.78. The van der Waals surface area contributed by atoms with Gasteiger partial charge < -0.3 is 9.88 Å². The van der Waals surface area contributed by atoms with Gasteiger partial charge in [-0.3, -0.25) is 4.79 Å². The van der Waals surface area contributed by atoms with Crippen LogP contribution in [0.2, 0.25) is 0 Å². The molecule has 1 N–H and O–H groups in total. The molecule has 0 aliphatic heterocycles. The average Bonchev–Trinajstić information content (AvgIpc) is 3.40. The van der Waals surface area contributed by atoms with Crippen LogP contribution in [0.3, 0.4) is 0 Å². The van der Waals surface area contributed by atoms with Gasteiger partial charge in [0, 0.05) is 19.5 Å². The normalized spacial score (nSPS) is 11.3. The summed E-state index contributed by atoms with van der Waals surface area (Å²) in [6, 6.07) is 20.9. The van der Waals surface area contributed by atoms with Crippen LogP contribution in [0.1, 0.15) is 52.8 Å². The average molecular weight is 418 g/mol. The van der Waals surface area contributed by atoms with Crippen molar-refractivity contribution in [2.75, 3.05) is 6.54 Å². The van der Waals surface area contributed by atoms with Gasteiger partial charge >= 0.3 is 0 Å². The first-order valence-corrected chi connectivity index (χ1v) is 11.3. The number of hydrogen-bond donors (Lipinski definition) is 1. The lowest BCUT2D eigenvalue weighted by Gasteiger charge is -2.11. The highest BCUT2D eigenvalue weighted by Crippen LogP contribution is 2.21. The number of amides is 1. The lowest BCUT2D eigenvalue weighted by molar-refractivity contribution is 0.0957. The van der Waals surface area contributed by atoms with Crippen molar-refractivity contribution in [3.63, 3.8) is 0 Å². The SMILES string of the molecule is CC(C)c1ccc(Cn2c(CCCNC(=O)c3cccs3)nc3ccccc32)cc1. The van der Waals surface area contributed by atoms with Crippen molar-refractivity contribution in [1.82, 2.24) is 14.9 Å². The molecule has 2 heterocycles. The summed E-state index contributed by atoms with van der Waals surface area (Å²) in [5.41, 5.74) is 4.81. The van der Waals surface area contributed by atoms with E-state index in [4.69, 9.17) is 4.98 Å². The van der Waals surface area contributed by atoms with E-state index in [1.54, 1.807) is 0 Å². The number of imidazole rings is 1. The largest absolute Gasteiger partial charge is 0.351 e. The van der Waals surface area contributed by atoms with E-state index in [0.717, 1.165) is 41.1 Å². The van der Waals surface area contributed by atoms with Crippen LogP contribution in [-0.4, -0.2) is 22.0 Å². The van der Waals surface area contributed by atoms with E-state index >= 15 is 0 Å². The second-order valence-electron chi connectivity index (χ2n) is 7.84. The van der Waals surface area contributed by atoms with Gasteiger partial charge in [0.05, 0.1) is 15.9 Å². The predicted molar refractivity (Wildman–Crippen MR) is 124 cm³/mol. The molecule has 154 valence electrons. The number of carbonyl (C=O) groups is 1. The van der Waals surface area contributed by atoms with Crippen LogP contribution in [0.15, 0.2) is 66.0 Å². The van der Waals surface area contributed by atoms with Gasteiger partial charge in [0.1, 0.15) is 5.82 Å². The van der Waals surface area contributed by atoms with Crippen molar-refractivity contribution in [2.24, 2.45) is 0 Å². The molecule has 30 heavy (non-hydrogen) atoms. The van der Waals surface area contributed by atoms with E-state index in [1.807, 2.05) is 23.6 Å². The van der Waals surface area contributed by atoms with E-state index in [9.17, 15) is 4.79 Å². The predicted octanol–water partition coefficient (Wildman–Crippen LogP) is 5.63. The molecular formula is C25H27N3OS. The van der Waals surface area contributed by atoms with Crippen LogP contribution < -0.4 is 5.32 Å². The van der Waals surface area contributed by atoms with Gasteiger partial charge in [-0.15, -0.1) is 11.3 Å². The Morgan fingerprint density at radius 2 is 1.87 bits per heavy atom. The topological polar surface area (TPSA) is 46.9 Å². The summed E-state index contributed by atoms with van der Waals surface area (Å²) >= 11 is 1.47. The highest BCUT2D eigenvalue weighted by molar-refractivity contribution is 7.12. The van der Waals surface area contributed by atoms with E-state index in [1.165, 1.54) is 22.5 Å². The number of rotatable bonds is 8. The molecule has 4 rings (SSSR count). The second kappa shape index (κ2) is 9.26. The Hall–Kier alpha value is -2.92. The zero-order valence-corrected chi connectivity index (χ0v) is 18.3. The summed E-state index contributed by atoms with van der Waals surface area (Å²) in [5, 5.41) is 4.93. The minimum absolute atomic E-state index is 0.00347. The van der Waals surface area contributed by atoms with Crippen molar-refractivity contribution < 1.29 is 4.79 Å². The molecule has 0 saturated heterocycles. The van der Waals surface area contributed by atoms with Crippen molar-refractivity contribution in [2.45, 2.75) is 39.2 Å². The quantitative estimate of drug-likeness (QED) is 0.378. The number of hydrogen-bond acceptors (Lipinski definition) is 3. The molecule has 2 aromatic heterocycles.